The molecule has 0 bridgehead atoms. The van der Waals surface area contributed by atoms with E-state index in [0.29, 0.717) is 12.0 Å². The molecule has 1 amide bonds. The van der Waals surface area contributed by atoms with Gasteiger partial charge in [-0.1, -0.05) is 50.6 Å². The number of benzene rings is 1. The normalized spacial score (nSPS) is 13.2. The van der Waals surface area contributed by atoms with Crippen LogP contribution in [0.5, 0.6) is 0 Å². The van der Waals surface area contributed by atoms with Crippen molar-refractivity contribution < 1.29 is 19.5 Å². The zero-order valence-corrected chi connectivity index (χ0v) is 12.3. The molecule has 0 radical (unpaired) electrons. The first-order valence-corrected chi connectivity index (χ1v) is 7.06. The van der Waals surface area contributed by atoms with Crippen LogP contribution in [-0.2, 0) is 9.59 Å². The highest BCUT2D eigenvalue weighted by Gasteiger charge is 2.25. The zero-order chi connectivity index (χ0) is 15.8. The first-order valence-electron chi connectivity index (χ1n) is 7.06. The molecule has 0 aromatic heterocycles. The van der Waals surface area contributed by atoms with Gasteiger partial charge in [0.25, 0.3) is 0 Å². The lowest BCUT2D eigenvalue weighted by atomic mass is 9.99. The number of amides is 1. The lowest BCUT2D eigenvalue weighted by Gasteiger charge is -2.20. The summed E-state index contributed by atoms with van der Waals surface area (Å²) in [6.45, 7) is 3.64. The van der Waals surface area contributed by atoms with Gasteiger partial charge in [0, 0.05) is 18.4 Å². The van der Waals surface area contributed by atoms with Crippen molar-refractivity contribution in [3.05, 3.63) is 35.9 Å². The number of rotatable bonds is 8. The number of nitrogens with one attached hydrogen (secondary N) is 1. The Balaban J connectivity index is 2.50. The first kappa shape index (κ1) is 16.9. The molecular formula is C16H21NO4. The molecule has 1 rings (SSSR count). The van der Waals surface area contributed by atoms with E-state index in [4.69, 9.17) is 5.11 Å². The summed E-state index contributed by atoms with van der Waals surface area (Å²) in [6, 6.07) is 7.81. The van der Waals surface area contributed by atoms with Crippen LogP contribution in [0.3, 0.4) is 0 Å². The third-order valence-electron chi connectivity index (χ3n) is 3.47. The topological polar surface area (TPSA) is 83.5 Å². The maximum Gasteiger partial charge on any atom is 0.326 e. The van der Waals surface area contributed by atoms with Crippen molar-refractivity contribution in [3.63, 3.8) is 0 Å². The van der Waals surface area contributed by atoms with Gasteiger partial charge in [0.15, 0.2) is 5.78 Å². The molecule has 5 heteroatoms. The van der Waals surface area contributed by atoms with Crippen molar-refractivity contribution >= 4 is 17.7 Å². The Kier molecular flexibility index (Phi) is 6.59. The van der Waals surface area contributed by atoms with Crippen molar-refractivity contribution in [2.75, 3.05) is 0 Å². The van der Waals surface area contributed by atoms with E-state index in [0.717, 1.165) is 0 Å². The monoisotopic (exact) mass is 291 g/mol. The number of carbonyl (C=O) groups excluding carboxylic acids is 2. The Morgan fingerprint density at radius 1 is 1.14 bits per heavy atom. The molecule has 2 atom stereocenters. The van der Waals surface area contributed by atoms with Crippen LogP contribution in [0, 0.1) is 5.92 Å². The highest BCUT2D eigenvalue weighted by molar-refractivity contribution is 5.98. The molecule has 0 saturated heterocycles. The lowest BCUT2D eigenvalue weighted by molar-refractivity contribution is -0.143. The van der Waals surface area contributed by atoms with Crippen LogP contribution in [0.1, 0.15) is 43.5 Å². The number of hydrogen-bond acceptors (Lipinski definition) is 3. The van der Waals surface area contributed by atoms with Gasteiger partial charge in [-0.05, 0) is 5.92 Å². The number of carboxylic acid groups (broad SMARTS) is 1. The number of carbonyl (C=O) groups is 3. The molecule has 114 valence electrons. The van der Waals surface area contributed by atoms with E-state index in [9.17, 15) is 14.4 Å². The summed E-state index contributed by atoms with van der Waals surface area (Å²) in [5.41, 5.74) is 0.557. The van der Waals surface area contributed by atoms with E-state index in [-0.39, 0.29) is 24.5 Å². The van der Waals surface area contributed by atoms with Crippen LogP contribution < -0.4 is 5.32 Å². The molecule has 0 fully saturated rings. The maximum atomic E-state index is 11.9. The minimum Gasteiger partial charge on any atom is -0.480 e. The summed E-state index contributed by atoms with van der Waals surface area (Å²) in [4.78, 5) is 34.8. The molecule has 5 nitrogen and oxygen atoms in total. The fourth-order valence-electron chi connectivity index (χ4n) is 1.92. The third-order valence-corrected chi connectivity index (χ3v) is 3.47. The lowest BCUT2D eigenvalue weighted by Crippen LogP contribution is -2.45. The minimum absolute atomic E-state index is 0.00601. The molecule has 1 aromatic carbocycles. The van der Waals surface area contributed by atoms with Crippen LogP contribution in [-0.4, -0.2) is 28.8 Å². The average molecular weight is 291 g/mol. The molecule has 0 aliphatic rings. The van der Waals surface area contributed by atoms with E-state index in [2.05, 4.69) is 5.32 Å². The molecule has 1 aromatic rings. The summed E-state index contributed by atoms with van der Waals surface area (Å²) in [5, 5.41) is 11.6. The number of hydrogen-bond donors (Lipinski definition) is 2. The van der Waals surface area contributed by atoms with E-state index in [1.54, 1.807) is 31.2 Å². The molecule has 0 unspecified atom stereocenters. The summed E-state index contributed by atoms with van der Waals surface area (Å²) in [5.74, 6) is -1.74. The van der Waals surface area contributed by atoms with Crippen molar-refractivity contribution in [2.24, 2.45) is 5.92 Å². The largest absolute Gasteiger partial charge is 0.480 e. The fraction of sp³-hybridized carbons (Fsp3) is 0.438. The smallest absolute Gasteiger partial charge is 0.326 e. The second kappa shape index (κ2) is 8.19. The van der Waals surface area contributed by atoms with Gasteiger partial charge in [-0.15, -0.1) is 0 Å². The van der Waals surface area contributed by atoms with Crippen LogP contribution in [0.4, 0.5) is 0 Å². The van der Waals surface area contributed by atoms with Gasteiger partial charge in [0.05, 0.1) is 0 Å². The quantitative estimate of drug-likeness (QED) is 0.720. The Bertz CT molecular complexity index is 498. The number of aliphatic carboxylic acids is 1. The molecule has 0 aliphatic heterocycles. The highest BCUT2D eigenvalue weighted by Crippen LogP contribution is 2.09. The molecule has 0 aliphatic carbocycles. The Morgan fingerprint density at radius 3 is 2.29 bits per heavy atom. The number of Topliss-reactive ketones (excluding diaryl/α,β-unsaturated/α-hetero) is 1. The minimum atomic E-state index is -1.05. The van der Waals surface area contributed by atoms with Crippen LogP contribution in [0.2, 0.25) is 0 Å². The summed E-state index contributed by atoms with van der Waals surface area (Å²) >= 11 is 0. The molecular weight excluding hydrogens is 270 g/mol. The van der Waals surface area contributed by atoms with Crippen LogP contribution in [0.15, 0.2) is 30.3 Å². The third kappa shape index (κ3) is 5.38. The van der Waals surface area contributed by atoms with E-state index in [1.807, 2.05) is 13.0 Å². The molecule has 21 heavy (non-hydrogen) atoms. The molecule has 0 saturated carbocycles. The summed E-state index contributed by atoms with van der Waals surface area (Å²) in [7, 11) is 0. The Morgan fingerprint density at radius 2 is 1.76 bits per heavy atom. The highest BCUT2D eigenvalue weighted by atomic mass is 16.4. The van der Waals surface area contributed by atoms with Gasteiger partial charge in [0.2, 0.25) is 5.91 Å². The van der Waals surface area contributed by atoms with Crippen LogP contribution in [0.25, 0.3) is 0 Å². The van der Waals surface area contributed by atoms with Crippen LogP contribution >= 0.6 is 0 Å². The van der Waals surface area contributed by atoms with Gasteiger partial charge in [-0.25, -0.2) is 4.79 Å². The van der Waals surface area contributed by atoms with Crippen molar-refractivity contribution in [3.8, 4) is 0 Å². The SMILES string of the molecule is CC[C@H](C)[C@H](NC(=O)CCC(=O)c1ccccc1)C(=O)O. The first-order chi connectivity index (χ1) is 9.95. The van der Waals surface area contributed by atoms with Gasteiger partial charge < -0.3 is 10.4 Å². The Labute approximate surface area is 124 Å². The van der Waals surface area contributed by atoms with Gasteiger partial charge >= 0.3 is 5.97 Å². The van der Waals surface area contributed by atoms with E-state index >= 15 is 0 Å². The Hall–Kier alpha value is -2.17. The fourth-order valence-corrected chi connectivity index (χ4v) is 1.92. The molecule has 2 N–H and O–H groups in total. The predicted molar refractivity (Wildman–Crippen MR) is 79.0 cm³/mol. The number of ketones is 1. The number of carboxylic acids is 1. The average Bonchev–Trinajstić information content (AvgIpc) is 2.50. The van der Waals surface area contributed by atoms with E-state index < -0.39 is 17.9 Å². The van der Waals surface area contributed by atoms with Gasteiger partial charge in [-0.2, -0.15) is 0 Å². The van der Waals surface area contributed by atoms with E-state index in [1.165, 1.54) is 0 Å². The van der Waals surface area contributed by atoms with Gasteiger partial charge in [-0.3, -0.25) is 9.59 Å². The second-order valence-corrected chi connectivity index (χ2v) is 5.06. The maximum absolute atomic E-state index is 11.9. The summed E-state index contributed by atoms with van der Waals surface area (Å²) < 4.78 is 0. The van der Waals surface area contributed by atoms with Crippen molar-refractivity contribution in [1.29, 1.82) is 0 Å². The standard InChI is InChI=1S/C16H21NO4/c1-3-11(2)15(16(20)21)17-14(19)10-9-13(18)12-7-5-4-6-8-12/h4-8,11,15H,3,9-10H2,1-2H3,(H,17,19)(H,20,21)/t11-,15-/m0/s1. The second-order valence-electron chi connectivity index (χ2n) is 5.06. The van der Waals surface area contributed by atoms with Crippen molar-refractivity contribution in [2.45, 2.75) is 39.2 Å². The molecule has 0 spiro atoms. The molecule has 0 heterocycles. The predicted octanol–water partition coefficient (Wildman–Crippen LogP) is 2.27. The summed E-state index contributed by atoms with van der Waals surface area (Å²) in [6.07, 6.45) is 0.719. The van der Waals surface area contributed by atoms with Gasteiger partial charge in [0.1, 0.15) is 6.04 Å². The van der Waals surface area contributed by atoms with Crippen molar-refractivity contribution in [1.82, 2.24) is 5.32 Å². The zero-order valence-electron chi connectivity index (χ0n) is 12.3.